The average Bonchev–Trinajstić information content (AvgIpc) is 2.67. The van der Waals surface area contributed by atoms with E-state index in [9.17, 15) is 10.2 Å². The summed E-state index contributed by atoms with van der Waals surface area (Å²) >= 11 is 0. The maximum Gasteiger partial charge on any atom is 0.119 e. The second-order valence-corrected chi connectivity index (χ2v) is 8.24. The summed E-state index contributed by atoms with van der Waals surface area (Å²) < 4.78 is 6.40. The lowest BCUT2D eigenvalue weighted by molar-refractivity contribution is 0.0882. The molecule has 1 fully saturated rings. The molecule has 0 unspecified atom stereocenters. The molecule has 2 aromatic rings. The SMILES string of the molecule is C=C(O)/C(=C(/OCc1ccccc1)C1CCC(O)CC1)c1c(C)cc(C)cc1C. The van der Waals surface area contributed by atoms with Crippen LogP contribution in [0.15, 0.2) is 60.6 Å². The van der Waals surface area contributed by atoms with Crippen LogP contribution >= 0.6 is 0 Å². The molecule has 0 spiro atoms. The van der Waals surface area contributed by atoms with Crippen LogP contribution in [-0.2, 0) is 11.3 Å². The van der Waals surface area contributed by atoms with Gasteiger partial charge in [0.25, 0.3) is 0 Å². The molecular weight excluding hydrogens is 360 g/mol. The fraction of sp³-hybridized carbons (Fsp3) is 0.385. The second-order valence-electron chi connectivity index (χ2n) is 8.24. The van der Waals surface area contributed by atoms with Crippen LogP contribution in [0, 0.1) is 26.7 Å². The third-order valence-corrected chi connectivity index (χ3v) is 5.77. The van der Waals surface area contributed by atoms with Gasteiger partial charge in [-0.15, -0.1) is 0 Å². The molecule has 0 aliphatic heterocycles. The Labute approximate surface area is 174 Å². The van der Waals surface area contributed by atoms with Crippen LogP contribution in [0.1, 0.15) is 53.5 Å². The zero-order valence-corrected chi connectivity index (χ0v) is 17.7. The molecule has 3 heteroatoms. The van der Waals surface area contributed by atoms with Crippen molar-refractivity contribution in [2.45, 2.75) is 59.2 Å². The van der Waals surface area contributed by atoms with Crippen molar-refractivity contribution in [1.82, 2.24) is 0 Å². The zero-order valence-electron chi connectivity index (χ0n) is 17.7. The van der Waals surface area contributed by atoms with E-state index >= 15 is 0 Å². The van der Waals surface area contributed by atoms with E-state index in [1.54, 1.807) is 0 Å². The molecule has 0 aromatic heterocycles. The summed E-state index contributed by atoms with van der Waals surface area (Å²) in [6, 6.07) is 14.3. The van der Waals surface area contributed by atoms with Crippen LogP contribution in [0.3, 0.4) is 0 Å². The molecule has 29 heavy (non-hydrogen) atoms. The first kappa shape index (κ1) is 21.2. The van der Waals surface area contributed by atoms with E-state index in [4.69, 9.17) is 4.74 Å². The Balaban J connectivity index is 2.08. The summed E-state index contributed by atoms with van der Waals surface area (Å²) in [6.45, 7) is 10.5. The number of ether oxygens (including phenoxy) is 1. The van der Waals surface area contributed by atoms with Gasteiger partial charge in [0.2, 0.25) is 0 Å². The Hall–Kier alpha value is -2.52. The molecule has 0 heterocycles. The van der Waals surface area contributed by atoms with E-state index < -0.39 is 0 Å². The van der Waals surface area contributed by atoms with E-state index in [1.165, 1.54) is 5.56 Å². The lowest BCUT2D eigenvalue weighted by atomic mass is 9.82. The largest absolute Gasteiger partial charge is 0.508 e. The molecule has 0 atom stereocenters. The molecule has 2 N–H and O–H groups in total. The van der Waals surface area contributed by atoms with Crippen molar-refractivity contribution in [1.29, 1.82) is 0 Å². The molecule has 154 valence electrons. The van der Waals surface area contributed by atoms with Gasteiger partial charge < -0.3 is 14.9 Å². The molecule has 0 bridgehead atoms. The van der Waals surface area contributed by atoms with E-state index in [1.807, 2.05) is 30.3 Å². The number of aryl methyl sites for hydroxylation is 3. The first-order valence-electron chi connectivity index (χ1n) is 10.4. The fourth-order valence-corrected chi connectivity index (χ4v) is 4.45. The van der Waals surface area contributed by atoms with Crippen LogP contribution in [0.25, 0.3) is 5.57 Å². The van der Waals surface area contributed by atoms with E-state index in [-0.39, 0.29) is 17.8 Å². The predicted octanol–water partition coefficient (Wildman–Crippen LogP) is 6.16. The van der Waals surface area contributed by atoms with Crippen LogP contribution in [0.5, 0.6) is 0 Å². The molecule has 0 amide bonds. The molecule has 1 aliphatic carbocycles. The topological polar surface area (TPSA) is 49.7 Å². The van der Waals surface area contributed by atoms with Gasteiger partial charge in [0.1, 0.15) is 18.1 Å². The van der Waals surface area contributed by atoms with Gasteiger partial charge in [-0.2, -0.15) is 0 Å². The van der Waals surface area contributed by atoms with E-state index in [0.717, 1.165) is 53.7 Å². The van der Waals surface area contributed by atoms with Crippen LogP contribution in [0.2, 0.25) is 0 Å². The average molecular weight is 393 g/mol. The smallest absolute Gasteiger partial charge is 0.119 e. The minimum absolute atomic E-state index is 0.0363. The summed E-state index contributed by atoms with van der Waals surface area (Å²) in [7, 11) is 0. The molecule has 1 aliphatic rings. The molecule has 3 rings (SSSR count). The Morgan fingerprint density at radius 3 is 2.14 bits per heavy atom. The number of benzene rings is 2. The molecule has 0 saturated heterocycles. The third kappa shape index (κ3) is 5.10. The third-order valence-electron chi connectivity index (χ3n) is 5.77. The van der Waals surface area contributed by atoms with Gasteiger partial charge in [-0.25, -0.2) is 0 Å². The number of allylic oxidation sites excluding steroid dienone is 2. The number of rotatable bonds is 6. The minimum atomic E-state index is -0.245. The molecule has 0 radical (unpaired) electrons. The quantitative estimate of drug-likeness (QED) is 0.457. The Kier molecular flexibility index (Phi) is 6.81. The number of aliphatic hydroxyl groups excluding tert-OH is 2. The Morgan fingerprint density at radius 1 is 1.00 bits per heavy atom. The van der Waals surface area contributed by atoms with Crippen molar-refractivity contribution in [3.63, 3.8) is 0 Å². The van der Waals surface area contributed by atoms with Crippen molar-refractivity contribution in [3.05, 3.63) is 88.4 Å². The normalized spacial score (nSPS) is 20.1. The van der Waals surface area contributed by atoms with Crippen LogP contribution in [-0.4, -0.2) is 16.3 Å². The van der Waals surface area contributed by atoms with Gasteiger partial charge in [0.05, 0.1) is 11.7 Å². The summed E-state index contributed by atoms with van der Waals surface area (Å²) in [6.07, 6.45) is 2.93. The minimum Gasteiger partial charge on any atom is -0.508 e. The van der Waals surface area contributed by atoms with E-state index in [0.29, 0.717) is 12.2 Å². The second kappa shape index (κ2) is 9.32. The lowest BCUT2D eigenvalue weighted by Gasteiger charge is -2.30. The van der Waals surface area contributed by atoms with E-state index in [2.05, 4.69) is 39.5 Å². The number of aliphatic hydroxyl groups is 2. The highest BCUT2D eigenvalue weighted by Crippen LogP contribution is 2.39. The van der Waals surface area contributed by atoms with Gasteiger partial charge >= 0.3 is 0 Å². The first-order chi connectivity index (χ1) is 13.9. The molecule has 3 nitrogen and oxygen atoms in total. The van der Waals surface area contributed by atoms with Gasteiger partial charge in [-0.05, 0) is 68.7 Å². The standard InChI is InChI=1S/C26H32O3/c1-17-14-18(2)24(19(3)15-17)25(20(4)27)26(22-10-12-23(28)13-11-22)29-16-21-8-6-5-7-9-21/h5-9,14-15,22-23,27-28H,4,10-13,16H2,1-3H3/b26-25-. The summed E-state index contributed by atoms with van der Waals surface area (Å²) in [4.78, 5) is 0. The Morgan fingerprint density at radius 2 is 1.59 bits per heavy atom. The number of hydrogen-bond acceptors (Lipinski definition) is 3. The van der Waals surface area contributed by atoms with Gasteiger partial charge in [0.15, 0.2) is 0 Å². The van der Waals surface area contributed by atoms with Crippen molar-refractivity contribution >= 4 is 5.57 Å². The predicted molar refractivity (Wildman–Crippen MR) is 119 cm³/mol. The fourth-order valence-electron chi connectivity index (χ4n) is 4.45. The molecule has 2 aromatic carbocycles. The first-order valence-corrected chi connectivity index (χ1v) is 10.4. The lowest BCUT2D eigenvalue weighted by Crippen LogP contribution is -2.22. The Bertz CT molecular complexity index is 864. The maximum atomic E-state index is 10.7. The van der Waals surface area contributed by atoms with Crippen molar-refractivity contribution in [2.75, 3.05) is 0 Å². The number of hydrogen-bond donors (Lipinski definition) is 2. The van der Waals surface area contributed by atoms with Crippen molar-refractivity contribution in [2.24, 2.45) is 5.92 Å². The van der Waals surface area contributed by atoms with Crippen molar-refractivity contribution < 1.29 is 14.9 Å². The highest BCUT2D eigenvalue weighted by molar-refractivity contribution is 5.82. The van der Waals surface area contributed by atoms with Gasteiger partial charge in [-0.3, -0.25) is 0 Å². The monoisotopic (exact) mass is 392 g/mol. The molecule has 1 saturated carbocycles. The van der Waals surface area contributed by atoms with Gasteiger partial charge in [-0.1, -0.05) is 54.6 Å². The van der Waals surface area contributed by atoms with Crippen LogP contribution in [0.4, 0.5) is 0 Å². The van der Waals surface area contributed by atoms with Gasteiger partial charge in [0, 0.05) is 5.92 Å². The highest BCUT2D eigenvalue weighted by Gasteiger charge is 2.29. The molecular formula is C26H32O3. The summed E-state index contributed by atoms with van der Waals surface area (Å²) in [5, 5.41) is 20.6. The highest BCUT2D eigenvalue weighted by atomic mass is 16.5. The van der Waals surface area contributed by atoms with Crippen molar-refractivity contribution in [3.8, 4) is 0 Å². The summed E-state index contributed by atoms with van der Waals surface area (Å²) in [5.74, 6) is 0.985. The van der Waals surface area contributed by atoms with Crippen LogP contribution < -0.4 is 0 Å². The summed E-state index contributed by atoms with van der Waals surface area (Å²) in [5.41, 5.74) is 6.18. The zero-order chi connectivity index (χ0) is 21.0. The maximum absolute atomic E-state index is 10.7.